The van der Waals surface area contributed by atoms with Crippen LogP contribution < -0.4 is 15.8 Å². The van der Waals surface area contributed by atoms with E-state index in [2.05, 4.69) is 10.1 Å². The highest BCUT2D eigenvalue weighted by atomic mass is 16.6. The minimum absolute atomic E-state index is 0.0730. The van der Waals surface area contributed by atoms with E-state index in [0.717, 1.165) is 31.2 Å². The molecule has 2 atom stereocenters. The molecule has 0 aliphatic heterocycles. The van der Waals surface area contributed by atoms with E-state index in [1.807, 2.05) is 18.2 Å². The van der Waals surface area contributed by atoms with E-state index in [1.54, 1.807) is 6.07 Å². The molecule has 2 aliphatic rings. The molecule has 6 nitrogen and oxygen atoms in total. The van der Waals surface area contributed by atoms with Crippen molar-refractivity contribution in [2.75, 3.05) is 13.7 Å². The molecule has 0 aromatic heterocycles. The molecule has 3 rings (SSSR count). The zero-order valence-electron chi connectivity index (χ0n) is 15.3. The Bertz CT molecular complexity index is 634. The maximum atomic E-state index is 12.6. The van der Waals surface area contributed by atoms with Crippen LogP contribution in [0.15, 0.2) is 24.3 Å². The van der Waals surface area contributed by atoms with E-state index in [4.69, 9.17) is 10.5 Å². The molecule has 6 heteroatoms. The summed E-state index contributed by atoms with van der Waals surface area (Å²) >= 11 is 0. The number of carbonyl (C=O) groups excluding carboxylic acids is 2. The molecule has 1 amide bonds. The molecule has 2 bridgehead atoms. The van der Waals surface area contributed by atoms with Gasteiger partial charge < -0.3 is 20.5 Å². The van der Waals surface area contributed by atoms with Gasteiger partial charge in [-0.25, -0.2) is 4.79 Å². The van der Waals surface area contributed by atoms with Gasteiger partial charge in [0.2, 0.25) is 5.91 Å². The molecular weight excluding hydrogens is 332 g/mol. The number of methoxy groups -OCH3 is 1. The summed E-state index contributed by atoms with van der Waals surface area (Å²) in [6.07, 6.45) is 5.37. The van der Waals surface area contributed by atoms with Gasteiger partial charge >= 0.3 is 5.97 Å². The average Bonchev–Trinajstić information content (AvgIpc) is 2.64. The van der Waals surface area contributed by atoms with Crippen LogP contribution in [0.3, 0.4) is 0 Å². The quantitative estimate of drug-likeness (QED) is 0.757. The number of rotatable bonds is 6. The van der Waals surface area contributed by atoms with Crippen LogP contribution in [-0.4, -0.2) is 31.6 Å². The molecule has 2 saturated carbocycles. The molecular formula is C20H28N2O4. The summed E-state index contributed by atoms with van der Waals surface area (Å²) in [6.45, 7) is 0.323. The lowest BCUT2D eigenvalue weighted by Crippen LogP contribution is -2.49. The van der Waals surface area contributed by atoms with Gasteiger partial charge in [-0.2, -0.15) is 0 Å². The van der Waals surface area contributed by atoms with E-state index in [9.17, 15) is 9.59 Å². The molecule has 2 unspecified atom stereocenters. The molecule has 0 heterocycles. The molecule has 2 aliphatic carbocycles. The first-order valence-electron chi connectivity index (χ1n) is 9.38. The van der Waals surface area contributed by atoms with Gasteiger partial charge in [-0.3, -0.25) is 4.79 Å². The smallest absolute Gasteiger partial charge is 0.343 e. The lowest BCUT2D eigenvalue weighted by atomic mass is 9.65. The molecule has 1 aromatic rings. The highest BCUT2D eigenvalue weighted by Gasteiger charge is 2.40. The van der Waals surface area contributed by atoms with Gasteiger partial charge in [-0.1, -0.05) is 18.6 Å². The van der Waals surface area contributed by atoms with Crippen LogP contribution in [-0.2, 0) is 20.9 Å². The number of esters is 1. The number of hydrogen-bond donors (Lipinski definition) is 2. The van der Waals surface area contributed by atoms with Gasteiger partial charge in [-0.15, -0.1) is 0 Å². The molecule has 3 N–H and O–H groups in total. The normalized spacial score (nSPS) is 27.5. The van der Waals surface area contributed by atoms with Crippen LogP contribution in [0, 0.1) is 17.8 Å². The number of hydrogen-bond acceptors (Lipinski definition) is 5. The number of fused-ring (bicyclic) bond motifs is 2. The summed E-state index contributed by atoms with van der Waals surface area (Å²) in [5, 5.41) is 3.05. The Hall–Kier alpha value is -2.08. The first-order chi connectivity index (χ1) is 12.6. The summed E-state index contributed by atoms with van der Waals surface area (Å²) in [5.41, 5.74) is 7.25. The van der Waals surface area contributed by atoms with Gasteiger partial charge in [-0.05, 0) is 55.2 Å². The van der Waals surface area contributed by atoms with Crippen LogP contribution in [0.4, 0.5) is 0 Å². The second-order valence-corrected chi connectivity index (χ2v) is 7.43. The Balaban J connectivity index is 1.51. The van der Waals surface area contributed by atoms with Crippen molar-refractivity contribution >= 4 is 11.9 Å². The number of benzene rings is 1. The average molecular weight is 360 g/mol. The highest BCUT2D eigenvalue weighted by Crippen LogP contribution is 2.41. The minimum Gasteiger partial charge on any atom is -0.482 e. The molecule has 0 spiro atoms. The third kappa shape index (κ3) is 4.55. The van der Waals surface area contributed by atoms with Crippen molar-refractivity contribution in [3.63, 3.8) is 0 Å². The molecule has 142 valence electrons. The Labute approximate surface area is 154 Å². The summed E-state index contributed by atoms with van der Waals surface area (Å²) in [4.78, 5) is 23.8. The van der Waals surface area contributed by atoms with Gasteiger partial charge in [0.25, 0.3) is 0 Å². The van der Waals surface area contributed by atoms with Crippen LogP contribution in [0.5, 0.6) is 5.75 Å². The van der Waals surface area contributed by atoms with Crippen molar-refractivity contribution in [1.82, 2.24) is 5.32 Å². The fourth-order valence-corrected chi connectivity index (χ4v) is 4.28. The standard InChI is InChI=1S/C20H28N2O4/c1-25-18(23)12-26-17-7-2-4-13(8-17)11-22-20(24)16-9-14-5-3-6-15(10-16)19(14)21/h2,4,7-8,14-16,19H,3,5-6,9-12,21H2,1H3,(H,22,24). The predicted molar refractivity (Wildman–Crippen MR) is 97.3 cm³/mol. The SMILES string of the molecule is COC(=O)COc1cccc(CNC(=O)C2CC3CCCC(C2)C3N)c1. The lowest BCUT2D eigenvalue weighted by Gasteiger charge is -2.43. The van der Waals surface area contributed by atoms with E-state index in [1.165, 1.54) is 13.5 Å². The molecule has 26 heavy (non-hydrogen) atoms. The zero-order valence-corrected chi connectivity index (χ0v) is 15.3. The molecule has 2 fully saturated rings. The topological polar surface area (TPSA) is 90.6 Å². The van der Waals surface area contributed by atoms with Gasteiger partial charge in [0.1, 0.15) is 5.75 Å². The van der Waals surface area contributed by atoms with E-state index < -0.39 is 5.97 Å². The van der Waals surface area contributed by atoms with Crippen molar-refractivity contribution in [2.45, 2.75) is 44.7 Å². The van der Waals surface area contributed by atoms with E-state index >= 15 is 0 Å². The molecule has 0 saturated heterocycles. The van der Waals surface area contributed by atoms with Crippen molar-refractivity contribution in [1.29, 1.82) is 0 Å². The molecule has 0 radical (unpaired) electrons. The van der Waals surface area contributed by atoms with Crippen molar-refractivity contribution in [3.05, 3.63) is 29.8 Å². The minimum atomic E-state index is -0.426. The number of amides is 1. The summed E-state index contributed by atoms with van der Waals surface area (Å²) in [6, 6.07) is 7.65. The molecule has 1 aromatic carbocycles. The third-order valence-electron chi connectivity index (χ3n) is 5.73. The number of carbonyl (C=O) groups is 2. The van der Waals surface area contributed by atoms with Crippen molar-refractivity contribution in [3.8, 4) is 5.75 Å². The second-order valence-electron chi connectivity index (χ2n) is 7.43. The van der Waals surface area contributed by atoms with Crippen LogP contribution >= 0.6 is 0 Å². The Morgan fingerprint density at radius 2 is 1.96 bits per heavy atom. The summed E-state index contributed by atoms with van der Waals surface area (Å²) in [5.74, 6) is 1.34. The van der Waals surface area contributed by atoms with Gasteiger partial charge in [0, 0.05) is 18.5 Å². The summed E-state index contributed by atoms with van der Waals surface area (Å²) in [7, 11) is 1.32. The van der Waals surface area contributed by atoms with Crippen molar-refractivity contribution in [2.24, 2.45) is 23.5 Å². The first-order valence-corrected chi connectivity index (χ1v) is 9.38. The largest absolute Gasteiger partial charge is 0.482 e. The Kier molecular flexibility index (Phi) is 6.14. The van der Waals surface area contributed by atoms with E-state index in [-0.39, 0.29) is 24.5 Å². The van der Waals surface area contributed by atoms with Crippen LogP contribution in [0.2, 0.25) is 0 Å². The van der Waals surface area contributed by atoms with Crippen molar-refractivity contribution < 1.29 is 19.1 Å². The van der Waals surface area contributed by atoms with Crippen LogP contribution in [0.1, 0.15) is 37.7 Å². The number of ether oxygens (including phenoxy) is 2. The Morgan fingerprint density at radius 3 is 2.65 bits per heavy atom. The first kappa shape index (κ1) is 18.7. The number of nitrogens with two attached hydrogens (primary N) is 1. The second kappa shape index (κ2) is 8.54. The van der Waals surface area contributed by atoms with Crippen LogP contribution in [0.25, 0.3) is 0 Å². The van der Waals surface area contributed by atoms with E-state index in [0.29, 0.717) is 24.1 Å². The lowest BCUT2D eigenvalue weighted by molar-refractivity contribution is -0.142. The van der Waals surface area contributed by atoms with Gasteiger partial charge in [0.15, 0.2) is 6.61 Å². The van der Waals surface area contributed by atoms with Gasteiger partial charge in [0.05, 0.1) is 7.11 Å². The summed E-state index contributed by atoms with van der Waals surface area (Å²) < 4.78 is 9.94. The zero-order chi connectivity index (χ0) is 18.5. The number of nitrogens with one attached hydrogen (secondary N) is 1. The third-order valence-corrected chi connectivity index (χ3v) is 5.73. The maximum absolute atomic E-state index is 12.6. The maximum Gasteiger partial charge on any atom is 0.343 e. The fraction of sp³-hybridized carbons (Fsp3) is 0.600. The monoisotopic (exact) mass is 360 g/mol. The fourth-order valence-electron chi connectivity index (χ4n) is 4.28. The predicted octanol–water partition coefficient (Wildman–Crippen LogP) is 2.01. The Morgan fingerprint density at radius 1 is 1.23 bits per heavy atom. The highest BCUT2D eigenvalue weighted by molar-refractivity contribution is 5.78.